The van der Waals surface area contributed by atoms with Gasteiger partial charge < -0.3 is 4.74 Å². The van der Waals surface area contributed by atoms with E-state index < -0.39 is 11.9 Å². The lowest BCUT2D eigenvalue weighted by Crippen LogP contribution is -2.08. The molecule has 0 aliphatic heterocycles. The Hall–Kier alpha value is -2.31. The maximum atomic E-state index is 13.4. The van der Waals surface area contributed by atoms with Crippen molar-refractivity contribution in [2.24, 2.45) is 0 Å². The predicted octanol–water partition coefficient (Wildman–Crippen LogP) is 0.588. The Labute approximate surface area is 89.7 Å². The fraction of sp³-hybridized carbons (Fsp3) is 0.111. The molecule has 82 valence electrons. The molecule has 2 aromatic heterocycles. The normalized spacial score (nSPS) is 10.1. The quantitative estimate of drug-likeness (QED) is 0.549. The fourth-order valence-corrected chi connectivity index (χ4v) is 1.14. The molecule has 0 aromatic carbocycles. The summed E-state index contributed by atoms with van der Waals surface area (Å²) in [5.41, 5.74) is -0.216. The lowest BCUT2D eigenvalue weighted by atomic mass is 10.3. The third kappa shape index (κ3) is 1.74. The maximum Gasteiger partial charge on any atom is 0.342 e. The summed E-state index contributed by atoms with van der Waals surface area (Å²) in [5.74, 6) is -1.43. The van der Waals surface area contributed by atoms with Gasteiger partial charge in [-0.25, -0.2) is 9.48 Å². The first kappa shape index (κ1) is 10.2. The smallest absolute Gasteiger partial charge is 0.342 e. The van der Waals surface area contributed by atoms with Crippen LogP contribution >= 0.6 is 0 Å². The molecular weight excluding hydrogens is 215 g/mol. The van der Waals surface area contributed by atoms with E-state index in [4.69, 9.17) is 0 Å². The van der Waals surface area contributed by atoms with Crippen LogP contribution in [-0.4, -0.2) is 33.1 Å². The molecule has 2 rings (SSSR count). The molecule has 0 fully saturated rings. The molecule has 7 heteroatoms. The van der Waals surface area contributed by atoms with Gasteiger partial charge in [0.2, 0.25) is 5.95 Å². The van der Waals surface area contributed by atoms with Crippen LogP contribution in [0.25, 0.3) is 5.82 Å². The van der Waals surface area contributed by atoms with Gasteiger partial charge in [-0.1, -0.05) is 5.21 Å². The van der Waals surface area contributed by atoms with Gasteiger partial charge in [0.25, 0.3) is 0 Å². The van der Waals surface area contributed by atoms with E-state index in [9.17, 15) is 9.18 Å². The molecule has 0 bridgehead atoms. The highest BCUT2D eigenvalue weighted by Gasteiger charge is 2.14. The van der Waals surface area contributed by atoms with Crippen molar-refractivity contribution in [3.8, 4) is 5.82 Å². The van der Waals surface area contributed by atoms with Gasteiger partial charge in [0.15, 0.2) is 5.82 Å². The first-order chi connectivity index (χ1) is 7.72. The van der Waals surface area contributed by atoms with Crippen molar-refractivity contribution in [1.82, 2.24) is 20.0 Å². The van der Waals surface area contributed by atoms with Crippen LogP contribution in [0.2, 0.25) is 0 Å². The molecule has 2 aromatic rings. The number of hydrogen-bond donors (Lipinski definition) is 0. The highest BCUT2D eigenvalue weighted by molar-refractivity contribution is 5.89. The molecule has 0 saturated carbocycles. The van der Waals surface area contributed by atoms with Crippen LogP contribution in [0, 0.1) is 5.95 Å². The van der Waals surface area contributed by atoms with E-state index in [0.29, 0.717) is 0 Å². The Balaban J connectivity index is 2.41. The van der Waals surface area contributed by atoms with Crippen LogP contribution in [0.5, 0.6) is 0 Å². The first-order valence-electron chi connectivity index (χ1n) is 4.34. The molecule has 0 amide bonds. The molecule has 2 heterocycles. The Morgan fingerprint density at radius 2 is 2.31 bits per heavy atom. The number of nitrogens with zero attached hydrogens (tertiary/aromatic N) is 4. The number of halogens is 1. The number of ether oxygens (including phenoxy) is 1. The number of hydrogen-bond acceptors (Lipinski definition) is 5. The number of esters is 1. The summed E-state index contributed by atoms with van der Waals surface area (Å²) in [5, 5.41) is 7.20. The highest BCUT2D eigenvalue weighted by atomic mass is 19.1. The van der Waals surface area contributed by atoms with Gasteiger partial charge in [0.1, 0.15) is 5.56 Å². The van der Waals surface area contributed by atoms with Crippen molar-refractivity contribution in [2.75, 3.05) is 7.11 Å². The summed E-state index contributed by atoms with van der Waals surface area (Å²) >= 11 is 0. The maximum absolute atomic E-state index is 13.4. The SMILES string of the molecule is COC(=O)c1ccc(-n2ccnn2)nc1F. The number of rotatable bonds is 2. The van der Waals surface area contributed by atoms with Crippen molar-refractivity contribution in [2.45, 2.75) is 0 Å². The summed E-state index contributed by atoms with van der Waals surface area (Å²) in [7, 11) is 1.17. The Morgan fingerprint density at radius 1 is 1.50 bits per heavy atom. The van der Waals surface area contributed by atoms with Crippen molar-refractivity contribution in [1.29, 1.82) is 0 Å². The molecule has 0 spiro atoms. The molecular formula is C9H7FN4O2. The van der Waals surface area contributed by atoms with Gasteiger partial charge >= 0.3 is 5.97 Å². The van der Waals surface area contributed by atoms with E-state index >= 15 is 0 Å². The lowest BCUT2D eigenvalue weighted by molar-refractivity contribution is 0.0594. The average molecular weight is 222 g/mol. The van der Waals surface area contributed by atoms with Crippen molar-refractivity contribution < 1.29 is 13.9 Å². The second-order valence-electron chi connectivity index (χ2n) is 2.85. The first-order valence-corrected chi connectivity index (χ1v) is 4.34. The second-order valence-corrected chi connectivity index (χ2v) is 2.85. The number of pyridine rings is 1. The molecule has 0 N–H and O–H groups in total. The third-order valence-electron chi connectivity index (χ3n) is 1.90. The molecule has 0 aliphatic carbocycles. The molecule has 0 radical (unpaired) electrons. The number of carbonyl (C=O) groups is 1. The van der Waals surface area contributed by atoms with Crippen molar-refractivity contribution >= 4 is 5.97 Å². The fourth-order valence-electron chi connectivity index (χ4n) is 1.14. The van der Waals surface area contributed by atoms with Crippen LogP contribution in [0.4, 0.5) is 4.39 Å². The van der Waals surface area contributed by atoms with Gasteiger partial charge in [-0.3, -0.25) is 0 Å². The second kappa shape index (κ2) is 4.05. The topological polar surface area (TPSA) is 69.9 Å². The van der Waals surface area contributed by atoms with Crippen molar-refractivity contribution in [3.05, 3.63) is 36.0 Å². The van der Waals surface area contributed by atoms with Gasteiger partial charge in [0.05, 0.1) is 19.5 Å². The van der Waals surface area contributed by atoms with Crippen LogP contribution in [-0.2, 0) is 4.74 Å². The van der Waals surface area contributed by atoms with Crippen molar-refractivity contribution in [3.63, 3.8) is 0 Å². The summed E-state index contributed by atoms with van der Waals surface area (Å²) in [6, 6.07) is 2.73. The molecule has 16 heavy (non-hydrogen) atoms. The number of carbonyl (C=O) groups excluding carboxylic acids is 1. The van der Waals surface area contributed by atoms with E-state index in [2.05, 4.69) is 20.0 Å². The molecule has 0 saturated heterocycles. The summed E-state index contributed by atoms with van der Waals surface area (Å²) in [6.45, 7) is 0. The van der Waals surface area contributed by atoms with Crippen LogP contribution in [0.1, 0.15) is 10.4 Å². The Bertz CT molecular complexity index is 512. The average Bonchev–Trinajstić information content (AvgIpc) is 2.81. The minimum atomic E-state index is -0.903. The minimum Gasteiger partial charge on any atom is -0.465 e. The van der Waals surface area contributed by atoms with E-state index in [1.807, 2.05) is 0 Å². The monoisotopic (exact) mass is 222 g/mol. The summed E-state index contributed by atoms with van der Waals surface area (Å²) < 4.78 is 19.1. The van der Waals surface area contributed by atoms with Gasteiger partial charge in [-0.2, -0.15) is 9.37 Å². The standard InChI is InChI=1S/C9H7FN4O2/c1-16-9(15)6-2-3-7(12-8(6)10)14-5-4-11-13-14/h2-5H,1H3. The van der Waals surface area contributed by atoms with E-state index in [0.717, 1.165) is 0 Å². The van der Waals surface area contributed by atoms with E-state index in [1.165, 1.54) is 36.3 Å². The zero-order chi connectivity index (χ0) is 11.5. The predicted molar refractivity (Wildman–Crippen MR) is 50.5 cm³/mol. The van der Waals surface area contributed by atoms with E-state index in [1.54, 1.807) is 0 Å². The zero-order valence-corrected chi connectivity index (χ0v) is 8.29. The Morgan fingerprint density at radius 3 is 2.88 bits per heavy atom. The minimum absolute atomic E-state index is 0.216. The largest absolute Gasteiger partial charge is 0.465 e. The number of aromatic nitrogens is 4. The molecule has 0 atom stereocenters. The summed E-state index contributed by atoms with van der Waals surface area (Å²) in [4.78, 5) is 14.7. The van der Waals surface area contributed by atoms with Gasteiger partial charge in [0, 0.05) is 0 Å². The van der Waals surface area contributed by atoms with Crippen LogP contribution < -0.4 is 0 Å². The number of methoxy groups -OCH3 is 1. The zero-order valence-electron chi connectivity index (χ0n) is 8.29. The lowest BCUT2D eigenvalue weighted by Gasteiger charge is -2.02. The van der Waals surface area contributed by atoms with Crippen LogP contribution in [0.3, 0.4) is 0 Å². The van der Waals surface area contributed by atoms with Gasteiger partial charge in [-0.15, -0.1) is 5.10 Å². The summed E-state index contributed by atoms with van der Waals surface area (Å²) in [6.07, 6.45) is 2.95. The third-order valence-corrected chi connectivity index (χ3v) is 1.90. The molecule has 0 aliphatic rings. The van der Waals surface area contributed by atoms with Gasteiger partial charge in [-0.05, 0) is 12.1 Å². The molecule has 6 nitrogen and oxygen atoms in total. The molecule has 0 unspecified atom stereocenters. The highest BCUT2D eigenvalue weighted by Crippen LogP contribution is 2.09. The van der Waals surface area contributed by atoms with E-state index in [-0.39, 0.29) is 11.4 Å². The Kier molecular flexibility index (Phi) is 2.59. The van der Waals surface area contributed by atoms with Crippen LogP contribution in [0.15, 0.2) is 24.5 Å².